The maximum absolute atomic E-state index is 12.6. The summed E-state index contributed by atoms with van der Waals surface area (Å²) in [6, 6.07) is -0.759. The van der Waals surface area contributed by atoms with E-state index >= 15 is 0 Å². The van der Waals surface area contributed by atoms with E-state index in [0.717, 1.165) is 38.9 Å². The molecule has 2 heterocycles. The predicted octanol–water partition coefficient (Wildman–Crippen LogP) is 1.32. The zero-order valence-corrected chi connectivity index (χ0v) is 13.1. The summed E-state index contributed by atoms with van der Waals surface area (Å²) in [6.07, 6.45) is 2.90. The van der Waals surface area contributed by atoms with E-state index in [-0.39, 0.29) is 11.9 Å². The van der Waals surface area contributed by atoms with Crippen LogP contribution in [0.4, 0.5) is 4.79 Å². The molecule has 0 spiro atoms. The lowest BCUT2D eigenvalue weighted by molar-refractivity contribution is -0.145. The molecular weight excluding hydrogens is 270 g/mol. The minimum Gasteiger partial charge on any atom is -0.480 e. The first-order valence-corrected chi connectivity index (χ1v) is 8.05. The summed E-state index contributed by atoms with van der Waals surface area (Å²) in [5.74, 6) is -0.846. The van der Waals surface area contributed by atoms with Crippen molar-refractivity contribution in [1.82, 2.24) is 14.7 Å². The van der Waals surface area contributed by atoms with Crippen LogP contribution in [0, 0.1) is 5.92 Å². The van der Waals surface area contributed by atoms with Crippen molar-refractivity contribution in [2.75, 3.05) is 39.3 Å². The highest BCUT2D eigenvalue weighted by molar-refractivity contribution is 5.83. The van der Waals surface area contributed by atoms with Crippen molar-refractivity contribution in [3.63, 3.8) is 0 Å². The third kappa shape index (κ3) is 3.67. The number of rotatable bonds is 3. The Morgan fingerprint density at radius 1 is 1.14 bits per heavy atom. The van der Waals surface area contributed by atoms with Crippen LogP contribution in [-0.2, 0) is 4.79 Å². The lowest BCUT2D eigenvalue weighted by Gasteiger charge is -2.42. The van der Waals surface area contributed by atoms with Crippen molar-refractivity contribution in [3.8, 4) is 0 Å². The number of piperidine rings is 1. The van der Waals surface area contributed by atoms with E-state index in [4.69, 9.17) is 0 Å². The summed E-state index contributed by atoms with van der Waals surface area (Å²) < 4.78 is 0. The molecule has 6 heteroatoms. The molecule has 0 aliphatic carbocycles. The Bertz CT molecular complexity index is 380. The molecule has 0 aromatic rings. The van der Waals surface area contributed by atoms with Crippen molar-refractivity contribution in [3.05, 3.63) is 0 Å². The van der Waals surface area contributed by atoms with Gasteiger partial charge in [0.15, 0.2) is 0 Å². The SMILES string of the molecule is CCCN1CCN(C(=O)N2CCCC(C)C2C(=O)O)CC1. The molecule has 2 amide bonds. The Balaban J connectivity index is 1.97. The van der Waals surface area contributed by atoms with Gasteiger partial charge in [0, 0.05) is 32.7 Å². The van der Waals surface area contributed by atoms with Gasteiger partial charge in [-0.15, -0.1) is 0 Å². The number of carbonyl (C=O) groups excluding carboxylic acids is 1. The van der Waals surface area contributed by atoms with Crippen LogP contribution >= 0.6 is 0 Å². The molecule has 2 saturated heterocycles. The molecule has 2 fully saturated rings. The standard InChI is InChI=1S/C15H27N3O3/c1-3-6-16-8-10-17(11-9-16)15(21)18-7-4-5-12(2)13(18)14(19)20/h12-13H,3-11H2,1-2H3,(H,19,20). The Labute approximate surface area is 126 Å². The number of amides is 2. The van der Waals surface area contributed by atoms with Crippen LogP contribution in [0.15, 0.2) is 0 Å². The third-order valence-corrected chi connectivity index (χ3v) is 4.61. The van der Waals surface area contributed by atoms with Crippen LogP contribution in [0.2, 0.25) is 0 Å². The van der Waals surface area contributed by atoms with E-state index in [1.165, 1.54) is 0 Å². The molecule has 2 aliphatic heterocycles. The summed E-state index contributed by atoms with van der Waals surface area (Å²) >= 11 is 0. The molecule has 2 rings (SSSR count). The Morgan fingerprint density at radius 2 is 1.81 bits per heavy atom. The largest absolute Gasteiger partial charge is 0.480 e. The van der Waals surface area contributed by atoms with Crippen molar-refractivity contribution in [1.29, 1.82) is 0 Å². The average Bonchev–Trinajstić information content (AvgIpc) is 2.47. The van der Waals surface area contributed by atoms with Crippen LogP contribution in [0.3, 0.4) is 0 Å². The second kappa shape index (κ2) is 7.11. The van der Waals surface area contributed by atoms with Gasteiger partial charge in [-0.2, -0.15) is 0 Å². The predicted molar refractivity (Wildman–Crippen MR) is 80.2 cm³/mol. The number of urea groups is 1. The molecule has 0 bridgehead atoms. The van der Waals surface area contributed by atoms with Gasteiger partial charge in [0.05, 0.1) is 0 Å². The number of carboxylic acid groups (broad SMARTS) is 1. The maximum Gasteiger partial charge on any atom is 0.326 e. The fourth-order valence-corrected chi connectivity index (χ4v) is 3.44. The highest BCUT2D eigenvalue weighted by atomic mass is 16.4. The molecule has 2 atom stereocenters. The van der Waals surface area contributed by atoms with Gasteiger partial charge < -0.3 is 14.9 Å². The number of aliphatic carboxylic acids is 1. The van der Waals surface area contributed by atoms with E-state index in [0.29, 0.717) is 19.6 Å². The van der Waals surface area contributed by atoms with Crippen molar-refractivity contribution in [2.24, 2.45) is 5.92 Å². The van der Waals surface area contributed by atoms with Gasteiger partial charge in [0.1, 0.15) is 6.04 Å². The molecule has 120 valence electrons. The molecule has 0 saturated carbocycles. The normalized spacial score (nSPS) is 27.7. The van der Waals surface area contributed by atoms with E-state index in [9.17, 15) is 14.7 Å². The molecule has 0 radical (unpaired) electrons. The summed E-state index contributed by atoms with van der Waals surface area (Å²) in [7, 11) is 0. The minimum absolute atomic E-state index is 0.0292. The van der Waals surface area contributed by atoms with Crippen molar-refractivity contribution in [2.45, 2.75) is 39.2 Å². The summed E-state index contributed by atoms with van der Waals surface area (Å²) in [5.41, 5.74) is 0. The van der Waals surface area contributed by atoms with Gasteiger partial charge in [-0.05, 0) is 31.7 Å². The number of likely N-dealkylation sites (tertiary alicyclic amines) is 1. The quantitative estimate of drug-likeness (QED) is 0.853. The van der Waals surface area contributed by atoms with Crippen LogP contribution in [0.5, 0.6) is 0 Å². The smallest absolute Gasteiger partial charge is 0.326 e. The summed E-state index contributed by atoms with van der Waals surface area (Å²) in [5, 5.41) is 9.42. The number of carboxylic acids is 1. The van der Waals surface area contributed by atoms with Crippen LogP contribution < -0.4 is 0 Å². The van der Waals surface area contributed by atoms with Gasteiger partial charge in [-0.25, -0.2) is 9.59 Å². The van der Waals surface area contributed by atoms with E-state index in [1.807, 2.05) is 11.8 Å². The highest BCUT2D eigenvalue weighted by Crippen LogP contribution is 2.25. The maximum atomic E-state index is 12.6. The minimum atomic E-state index is -0.875. The van der Waals surface area contributed by atoms with E-state index in [1.54, 1.807) is 4.90 Å². The van der Waals surface area contributed by atoms with Crippen LogP contribution in [-0.4, -0.2) is 77.1 Å². The van der Waals surface area contributed by atoms with Gasteiger partial charge in [-0.1, -0.05) is 13.8 Å². The second-order valence-corrected chi connectivity index (χ2v) is 6.21. The van der Waals surface area contributed by atoms with Gasteiger partial charge >= 0.3 is 12.0 Å². The number of nitrogens with zero attached hydrogens (tertiary/aromatic N) is 3. The topological polar surface area (TPSA) is 64.1 Å². The van der Waals surface area contributed by atoms with Crippen LogP contribution in [0.1, 0.15) is 33.1 Å². The van der Waals surface area contributed by atoms with Crippen molar-refractivity contribution < 1.29 is 14.7 Å². The lowest BCUT2D eigenvalue weighted by atomic mass is 9.91. The zero-order valence-electron chi connectivity index (χ0n) is 13.1. The van der Waals surface area contributed by atoms with E-state index < -0.39 is 12.0 Å². The van der Waals surface area contributed by atoms with Gasteiger partial charge in [0.2, 0.25) is 0 Å². The number of piperazine rings is 1. The second-order valence-electron chi connectivity index (χ2n) is 6.21. The first-order chi connectivity index (χ1) is 10.0. The lowest BCUT2D eigenvalue weighted by Crippen LogP contribution is -2.59. The molecule has 2 unspecified atom stereocenters. The fraction of sp³-hybridized carbons (Fsp3) is 0.867. The monoisotopic (exact) mass is 297 g/mol. The van der Waals surface area contributed by atoms with Gasteiger partial charge in [0.25, 0.3) is 0 Å². The van der Waals surface area contributed by atoms with Gasteiger partial charge in [-0.3, -0.25) is 4.90 Å². The summed E-state index contributed by atoms with van der Waals surface area (Å²) in [6.45, 7) is 8.91. The molecule has 6 nitrogen and oxygen atoms in total. The van der Waals surface area contributed by atoms with Crippen LogP contribution in [0.25, 0.3) is 0 Å². The van der Waals surface area contributed by atoms with E-state index in [2.05, 4.69) is 11.8 Å². The molecule has 21 heavy (non-hydrogen) atoms. The molecular formula is C15H27N3O3. The number of hydrogen-bond acceptors (Lipinski definition) is 3. The Morgan fingerprint density at radius 3 is 2.38 bits per heavy atom. The first kappa shape index (κ1) is 16.1. The molecule has 0 aromatic carbocycles. The third-order valence-electron chi connectivity index (χ3n) is 4.61. The first-order valence-electron chi connectivity index (χ1n) is 8.05. The Kier molecular flexibility index (Phi) is 5.45. The highest BCUT2D eigenvalue weighted by Gasteiger charge is 2.39. The zero-order chi connectivity index (χ0) is 15.4. The Hall–Kier alpha value is -1.30. The summed E-state index contributed by atoms with van der Waals surface area (Å²) in [4.78, 5) is 29.9. The molecule has 2 aliphatic rings. The molecule has 1 N–H and O–H groups in total. The molecule has 0 aromatic heterocycles. The number of hydrogen-bond donors (Lipinski definition) is 1. The average molecular weight is 297 g/mol. The fourth-order valence-electron chi connectivity index (χ4n) is 3.44. The number of carbonyl (C=O) groups is 2. The van der Waals surface area contributed by atoms with Crippen molar-refractivity contribution >= 4 is 12.0 Å².